The number of Topliss-reactive ketones (excluding diaryl/α,β-unsaturated/α-hetero) is 1. The molecule has 1 atom stereocenters. The Morgan fingerprint density at radius 1 is 1.24 bits per heavy atom. The van der Waals surface area contributed by atoms with Crippen molar-refractivity contribution in [1.29, 1.82) is 0 Å². The molecule has 3 rings (SSSR count). The van der Waals surface area contributed by atoms with Crippen LogP contribution in [0.25, 0.3) is 5.76 Å². The molecule has 1 aromatic carbocycles. The van der Waals surface area contributed by atoms with Crippen molar-refractivity contribution in [3.8, 4) is 0 Å². The summed E-state index contributed by atoms with van der Waals surface area (Å²) in [6, 6.07) is 9.33. The molecule has 1 aromatic heterocycles. The third-order valence-corrected chi connectivity index (χ3v) is 4.89. The highest BCUT2D eigenvalue weighted by atomic mass is 35.5. The van der Waals surface area contributed by atoms with Crippen molar-refractivity contribution in [3.63, 3.8) is 0 Å². The molecule has 0 spiro atoms. The van der Waals surface area contributed by atoms with E-state index in [2.05, 4.69) is 4.98 Å². The number of halogens is 1. The van der Waals surface area contributed by atoms with E-state index in [-0.39, 0.29) is 17.4 Å². The quantitative estimate of drug-likeness (QED) is 0.321. The number of hydrogen-bond donors (Lipinski definition) is 1. The Bertz CT molecular complexity index is 927. The summed E-state index contributed by atoms with van der Waals surface area (Å²) in [5.74, 6) is -1.59. The molecule has 1 aliphatic heterocycles. The topological polar surface area (TPSA) is 79.7 Å². The second-order valence-corrected chi connectivity index (χ2v) is 7.49. The van der Waals surface area contributed by atoms with E-state index >= 15 is 0 Å². The fraction of sp³-hybridized carbons (Fsp3) is 0.318. The lowest BCUT2D eigenvalue weighted by Gasteiger charge is -2.25. The van der Waals surface area contributed by atoms with Gasteiger partial charge in [0.15, 0.2) is 0 Å². The van der Waals surface area contributed by atoms with Gasteiger partial charge in [0.25, 0.3) is 11.7 Å². The molecule has 152 valence electrons. The van der Waals surface area contributed by atoms with Crippen LogP contribution < -0.4 is 0 Å². The maximum absolute atomic E-state index is 12.9. The molecule has 1 saturated heterocycles. The first-order valence-electron chi connectivity index (χ1n) is 9.46. The summed E-state index contributed by atoms with van der Waals surface area (Å²) < 4.78 is 5.55. The number of benzene rings is 1. The summed E-state index contributed by atoms with van der Waals surface area (Å²) in [5.41, 5.74) is 1.14. The summed E-state index contributed by atoms with van der Waals surface area (Å²) in [6.45, 7) is 4.68. The lowest BCUT2D eigenvalue weighted by molar-refractivity contribution is -0.140. The van der Waals surface area contributed by atoms with Gasteiger partial charge in [-0.2, -0.15) is 0 Å². The van der Waals surface area contributed by atoms with E-state index in [1.165, 1.54) is 4.90 Å². The van der Waals surface area contributed by atoms with Crippen molar-refractivity contribution in [2.75, 3.05) is 13.2 Å². The monoisotopic (exact) mass is 414 g/mol. The van der Waals surface area contributed by atoms with Crippen LogP contribution >= 0.6 is 11.6 Å². The lowest BCUT2D eigenvalue weighted by Crippen LogP contribution is -2.31. The fourth-order valence-electron chi connectivity index (χ4n) is 3.35. The first kappa shape index (κ1) is 21.0. The number of rotatable bonds is 7. The van der Waals surface area contributed by atoms with Crippen LogP contribution in [-0.2, 0) is 14.3 Å². The van der Waals surface area contributed by atoms with Crippen molar-refractivity contribution in [1.82, 2.24) is 9.88 Å². The zero-order chi connectivity index (χ0) is 21.0. The minimum absolute atomic E-state index is 0.0493. The molecule has 1 fully saturated rings. The minimum atomic E-state index is -0.714. The summed E-state index contributed by atoms with van der Waals surface area (Å²) in [6.07, 6.45) is 3.85. The Morgan fingerprint density at radius 3 is 2.62 bits per heavy atom. The molecule has 0 bridgehead atoms. The van der Waals surface area contributed by atoms with Crippen molar-refractivity contribution in [2.24, 2.45) is 0 Å². The maximum atomic E-state index is 12.9. The predicted octanol–water partition coefficient (Wildman–Crippen LogP) is 3.97. The van der Waals surface area contributed by atoms with Gasteiger partial charge in [-0.1, -0.05) is 23.7 Å². The van der Waals surface area contributed by atoms with Gasteiger partial charge < -0.3 is 14.7 Å². The number of pyridine rings is 1. The van der Waals surface area contributed by atoms with E-state index in [9.17, 15) is 14.7 Å². The number of aliphatic hydroxyl groups excluding tert-OH is 1. The van der Waals surface area contributed by atoms with Crippen LogP contribution in [-0.4, -0.2) is 45.9 Å². The zero-order valence-electron chi connectivity index (χ0n) is 16.3. The average molecular weight is 415 g/mol. The molecule has 7 heteroatoms. The van der Waals surface area contributed by atoms with Crippen LogP contribution in [0.1, 0.15) is 37.4 Å². The maximum Gasteiger partial charge on any atom is 0.295 e. The molecule has 6 nitrogen and oxygen atoms in total. The number of aromatic nitrogens is 1. The van der Waals surface area contributed by atoms with E-state index in [0.717, 1.165) is 0 Å². The summed E-state index contributed by atoms with van der Waals surface area (Å²) in [4.78, 5) is 31.1. The molecule has 0 aliphatic carbocycles. The second kappa shape index (κ2) is 9.20. The largest absolute Gasteiger partial charge is 0.507 e. The Labute approximate surface area is 174 Å². The van der Waals surface area contributed by atoms with Crippen molar-refractivity contribution in [3.05, 3.63) is 70.5 Å². The van der Waals surface area contributed by atoms with Crippen molar-refractivity contribution in [2.45, 2.75) is 32.4 Å². The number of ether oxygens (including phenoxy) is 1. The number of nitrogens with zero attached hydrogens (tertiary/aromatic N) is 2. The van der Waals surface area contributed by atoms with E-state index in [1.807, 2.05) is 13.8 Å². The molecule has 1 amide bonds. The molecule has 1 N–H and O–H groups in total. The standard InChI is InChI=1S/C22H23ClN2O4/c1-14(2)29-12-4-11-25-19(15-7-9-24-10-8-15)18(21(27)22(25)28)20(26)16-5-3-6-17(23)13-16/h3,5-10,13-14,19,26H,4,11-12H2,1-2H3/b20-18-. The van der Waals surface area contributed by atoms with Gasteiger partial charge in [0.1, 0.15) is 5.76 Å². The SMILES string of the molecule is CC(C)OCCCN1C(=O)C(=O)/C(=C(\O)c2cccc(Cl)c2)C1c1ccncc1. The first-order valence-corrected chi connectivity index (χ1v) is 9.84. The zero-order valence-corrected chi connectivity index (χ0v) is 17.1. The molecular formula is C22H23ClN2O4. The van der Waals surface area contributed by atoms with Crippen molar-refractivity contribution >= 4 is 29.1 Å². The van der Waals surface area contributed by atoms with Crippen LogP contribution in [0.2, 0.25) is 5.02 Å². The van der Waals surface area contributed by atoms with Gasteiger partial charge in [-0.15, -0.1) is 0 Å². The number of aliphatic hydroxyl groups is 1. The molecular weight excluding hydrogens is 392 g/mol. The van der Waals surface area contributed by atoms with Crippen LogP contribution in [0.5, 0.6) is 0 Å². The normalized spacial score (nSPS) is 18.6. The van der Waals surface area contributed by atoms with Crippen LogP contribution in [0.15, 0.2) is 54.4 Å². The molecule has 1 aliphatic rings. The highest BCUT2D eigenvalue weighted by molar-refractivity contribution is 6.46. The van der Waals surface area contributed by atoms with E-state index in [4.69, 9.17) is 16.3 Å². The molecule has 29 heavy (non-hydrogen) atoms. The highest BCUT2D eigenvalue weighted by Crippen LogP contribution is 2.39. The second-order valence-electron chi connectivity index (χ2n) is 7.06. The highest BCUT2D eigenvalue weighted by Gasteiger charge is 2.45. The van der Waals surface area contributed by atoms with Crippen LogP contribution in [0.4, 0.5) is 0 Å². The van der Waals surface area contributed by atoms with Gasteiger partial charge in [-0.25, -0.2) is 0 Å². The van der Waals surface area contributed by atoms with E-state index < -0.39 is 17.7 Å². The fourth-order valence-corrected chi connectivity index (χ4v) is 3.54. The number of ketones is 1. The average Bonchev–Trinajstić information content (AvgIpc) is 2.96. The Balaban J connectivity index is 2.01. The molecule has 2 aromatic rings. The van der Waals surface area contributed by atoms with Gasteiger partial charge in [0.05, 0.1) is 17.7 Å². The first-order chi connectivity index (χ1) is 13.9. The Hall–Kier alpha value is -2.70. The smallest absolute Gasteiger partial charge is 0.295 e. The van der Waals surface area contributed by atoms with Gasteiger partial charge in [0.2, 0.25) is 0 Å². The van der Waals surface area contributed by atoms with Crippen molar-refractivity contribution < 1.29 is 19.4 Å². The summed E-state index contributed by atoms with van der Waals surface area (Å²) in [5, 5.41) is 11.3. The van der Waals surface area contributed by atoms with Crippen LogP contribution in [0, 0.1) is 0 Å². The molecule has 0 saturated carbocycles. The van der Waals surface area contributed by atoms with Gasteiger partial charge in [0, 0.05) is 36.1 Å². The third-order valence-electron chi connectivity index (χ3n) is 4.65. The number of hydrogen-bond acceptors (Lipinski definition) is 5. The van der Waals surface area contributed by atoms with Gasteiger partial charge in [-0.3, -0.25) is 14.6 Å². The third kappa shape index (κ3) is 4.66. The minimum Gasteiger partial charge on any atom is -0.507 e. The van der Waals surface area contributed by atoms with Crippen LogP contribution in [0.3, 0.4) is 0 Å². The van der Waals surface area contributed by atoms with E-state index in [0.29, 0.717) is 35.7 Å². The number of carbonyl (C=O) groups is 2. The Morgan fingerprint density at radius 2 is 1.97 bits per heavy atom. The summed E-state index contributed by atoms with van der Waals surface area (Å²) in [7, 11) is 0. The molecule has 0 radical (unpaired) electrons. The number of amides is 1. The number of likely N-dealkylation sites (tertiary alicyclic amines) is 1. The number of carbonyl (C=O) groups excluding carboxylic acids is 2. The predicted molar refractivity (Wildman–Crippen MR) is 110 cm³/mol. The lowest BCUT2D eigenvalue weighted by atomic mass is 9.96. The Kier molecular flexibility index (Phi) is 6.67. The van der Waals surface area contributed by atoms with Gasteiger partial charge in [-0.05, 0) is 50.1 Å². The van der Waals surface area contributed by atoms with Gasteiger partial charge >= 0.3 is 0 Å². The van der Waals surface area contributed by atoms with E-state index in [1.54, 1.807) is 48.8 Å². The summed E-state index contributed by atoms with van der Waals surface area (Å²) >= 11 is 6.03. The molecule has 2 heterocycles. The molecule has 1 unspecified atom stereocenters.